The summed E-state index contributed by atoms with van der Waals surface area (Å²) < 4.78 is 0. The second-order valence-corrected chi connectivity index (χ2v) is 10.2. The van der Waals surface area contributed by atoms with Crippen LogP contribution in [0.2, 0.25) is 0 Å². The molecule has 7 atom stereocenters. The van der Waals surface area contributed by atoms with Crippen LogP contribution in [0.25, 0.3) is 0 Å². The highest BCUT2D eigenvalue weighted by molar-refractivity contribution is 5.95. The highest BCUT2D eigenvalue weighted by atomic mass is 16.4. The number of aliphatic hydroxyl groups is 1. The largest absolute Gasteiger partial charge is 0.481 e. The molecule has 1 unspecified atom stereocenters. The Hall–Kier alpha value is -1.49. The average Bonchev–Trinajstić information content (AvgIpc) is 2.99. The van der Waals surface area contributed by atoms with E-state index in [2.05, 4.69) is 13.8 Å². The number of ketones is 2. The minimum atomic E-state index is -0.900. The van der Waals surface area contributed by atoms with Gasteiger partial charge < -0.3 is 10.2 Å². The van der Waals surface area contributed by atoms with Crippen molar-refractivity contribution in [2.24, 2.45) is 40.4 Å². The van der Waals surface area contributed by atoms with Crippen molar-refractivity contribution in [3.8, 4) is 0 Å². The van der Waals surface area contributed by atoms with Gasteiger partial charge in [0.25, 0.3) is 0 Å². The zero-order valence-corrected chi connectivity index (χ0v) is 16.9. The molecule has 0 heterocycles. The molecule has 4 aliphatic carbocycles. The number of carboxylic acid groups (broad SMARTS) is 1. The van der Waals surface area contributed by atoms with Gasteiger partial charge in [-0.05, 0) is 79.6 Å². The van der Waals surface area contributed by atoms with Gasteiger partial charge in [-0.1, -0.05) is 19.4 Å². The standard InChI is InChI=1S/C23H32O5/c1-22-8-7-17-15(16(22)5-6-18(22)20(26)12-24)4-3-14-10-19(25)13(9-21(27)28)11-23(14,17)2/h10,13,15-18,24H,3-9,11-12H2,1-2H3,(H,27,28)/t13?,15-,16-,17-,18+,22-,23-/m0/s1. The van der Waals surface area contributed by atoms with Crippen LogP contribution in [-0.4, -0.2) is 34.4 Å². The Kier molecular flexibility index (Phi) is 4.80. The Bertz CT molecular complexity index is 739. The van der Waals surface area contributed by atoms with Crippen molar-refractivity contribution >= 4 is 17.5 Å². The predicted molar refractivity (Wildman–Crippen MR) is 103 cm³/mol. The van der Waals surface area contributed by atoms with Gasteiger partial charge in [0, 0.05) is 11.8 Å². The van der Waals surface area contributed by atoms with Gasteiger partial charge in [-0.15, -0.1) is 0 Å². The van der Waals surface area contributed by atoms with Crippen LogP contribution in [0.5, 0.6) is 0 Å². The van der Waals surface area contributed by atoms with Crippen LogP contribution in [0.4, 0.5) is 0 Å². The lowest BCUT2D eigenvalue weighted by atomic mass is 9.46. The average molecular weight is 389 g/mol. The quantitative estimate of drug-likeness (QED) is 0.770. The van der Waals surface area contributed by atoms with Crippen LogP contribution >= 0.6 is 0 Å². The smallest absolute Gasteiger partial charge is 0.304 e. The van der Waals surface area contributed by atoms with E-state index in [0.717, 1.165) is 38.5 Å². The molecule has 3 saturated carbocycles. The molecule has 0 amide bonds. The van der Waals surface area contributed by atoms with Gasteiger partial charge in [-0.2, -0.15) is 0 Å². The Morgan fingerprint density at radius 2 is 1.89 bits per heavy atom. The number of carboxylic acids is 1. The lowest BCUT2D eigenvalue weighted by Gasteiger charge is -2.58. The third kappa shape index (κ3) is 2.80. The SMILES string of the molecule is C[C@]12CC[C@H]3[C@@H](CCC4=CC(=O)C(CC(=O)O)C[C@@]43C)[C@@H]1CC[C@@H]2C(=O)CO. The number of aliphatic carboxylic acids is 1. The van der Waals surface area contributed by atoms with Gasteiger partial charge in [-0.3, -0.25) is 14.4 Å². The van der Waals surface area contributed by atoms with Crippen LogP contribution < -0.4 is 0 Å². The van der Waals surface area contributed by atoms with Crippen molar-refractivity contribution < 1.29 is 24.6 Å². The maximum absolute atomic E-state index is 12.5. The molecular formula is C23H32O5. The van der Waals surface area contributed by atoms with E-state index in [1.54, 1.807) is 6.08 Å². The van der Waals surface area contributed by atoms with Gasteiger partial charge in [0.15, 0.2) is 11.6 Å². The highest BCUT2D eigenvalue weighted by Gasteiger charge is 2.60. The summed E-state index contributed by atoms with van der Waals surface area (Å²) in [6, 6.07) is 0. The Labute approximate surface area is 166 Å². The number of carbonyl (C=O) groups excluding carboxylic acids is 2. The number of hydrogen-bond donors (Lipinski definition) is 2. The van der Waals surface area contributed by atoms with Crippen molar-refractivity contribution in [1.82, 2.24) is 0 Å². The molecule has 5 heteroatoms. The summed E-state index contributed by atoms with van der Waals surface area (Å²) in [5.41, 5.74) is 1.10. The van der Waals surface area contributed by atoms with E-state index in [4.69, 9.17) is 0 Å². The van der Waals surface area contributed by atoms with Crippen LogP contribution in [0.3, 0.4) is 0 Å². The monoisotopic (exact) mass is 388 g/mol. The Morgan fingerprint density at radius 1 is 1.14 bits per heavy atom. The fraction of sp³-hybridized carbons (Fsp3) is 0.783. The zero-order chi connectivity index (χ0) is 20.3. The molecule has 4 rings (SSSR count). The van der Waals surface area contributed by atoms with Crippen molar-refractivity contribution in [3.05, 3.63) is 11.6 Å². The van der Waals surface area contributed by atoms with Crippen molar-refractivity contribution in [3.63, 3.8) is 0 Å². The van der Waals surface area contributed by atoms with E-state index in [-0.39, 0.29) is 41.3 Å². The molecule has 0 bridgehead atoms. The third-order valence-corrected chi connectivity index (χ3v) is 9.09. The molecular weight excluding hydrogens is 356 g/mol. The second-order valence-electron chi connectivity index (χ2n) is 10.2. The molecule has 2 N–H and O–H groups in total. The van der Waals surface area contributed by atoms with Gasteiger partial charge in [0.2, 0.25) is 0 Å². The first-order valence-corrected chi connectivity index (χ1v) is 10.8. The lowest BCUT2D eigenvalue weighted by molar-refractivity contribution is -0.141. The Balaban J connectivity index is 1.63. The van der Waals surface area contributed by atoms with Crippen LogP contribution in [0.15, 0.2) is 11.6 Å². The van der Waals surface area contributed by atoms with Crippen molar-refractivity contribution in [1.29, 1.82) is 0 Å². The first kappa shape index (κ1) is 19.8. The first-order chi connectivity index (χ1) is 13.2. The van der Waals surface area contributed by atoms with E-state index < -0.39 is 11.9 Å². The van der Waals surface area contributed by atoms with Gasteiger partial charge in [-0.25, -0.2) is 0 Å². The molecule has 0 spiro atoms. The normalized spacial score (nSPS) is 44.9. The van der Waals surface area contributed by atoms with Gasteiger partial charge >= 0.3 is 5.97 Å². The lowest BCUT2D eigenvalue weighted by Crippen LogP contribution is -2.52. The van der Waals surface area contributed by atoms with E-state index >= 15 is 0 Å². The van der Waals surface area contributed by atoms with E-state index in [1.807, 2.05) is 0 Å². The molecule has 5 nitrogen and oxygen atoms in total. The number of hydrogen-bond acceptors (Lipinski definition) is 4. The highest BCUT2D eigenvalue weighted by Crippen LogP contribution is 2.67. The van der Waals surface area contributed by atoms with E-state index in [9.17, 15) is 24.6 Å². The summed E-state index contributed by atoms with van der Waals surface area (Å²) in [6.45, 7) is 4.15. The van der Waals surface area contributed by atoms with Crippen molar-refractivity contribution in [2.75, 3.05) is 6.61 Å². The number of allylic oxidation sites excluding steroid dienone is 1. The fourth-order valence-electron chi connectivity index (χ4n) is 7.77. The molecule has 0 radical (unpaired) electrons. The third-order valence-electron chi connectivity index (χ3n) is 9.09. The summed E-state index contributed by atoms with van der Waals surface area (Å²) in [5, 5.41) is 18.6. The predicted octanol–water partition coefficient (Wildman–Crippen LogP) is 3.40. The topological polar surface area (TPSA) is 91.7 Å². The molecule has 28 heavy (non-hydrogen) atoms. The molecule has 3 fully saturated rings. The molecule has 0 saturated heterocycles. The maximum atomic E-state index is 12.5. The number of fused-ring (bicyclic) bond motifs is 5. The van der Waals surface area contributed by atoms with Gasteiger partial charge in [0.05, 0.1) is 6.42 Å². The summed E-state index contributed by atoms with van der Waals surface area (Å²) in [4.78, 5) is 36.1. The van der Waals surface area contributed by atoms with E-state index in [0.29, 0.717) is 24.2 Å². The number of Topliss-reactive ketones (excluding diaryl/α,β-unsaturated/α-hetero) is 1. The van der Waals surface area contributed by atoms with Crippen LogP contribution in [-0.2, 0) is 14.4 Å². The minimum absolute atomic E-state index is 0.00385. The van der Waals surface area contributed by atoms with Crippen molar-refractivity contribution in [2.45, 2.75) is 65.2 Å². The number of carbonyl (C=O) groups is 3. The molecule has 0 aromatic heterocycles. The second kappa shape index (κ2) is 6.79. The summed E-state index contributed by atoms with van der Waals surface area (Å²) >= 11 is 0. The van der Waals surface area contributed by atoms with Crippen LogP contribution in [0.1, 0.15) is 65.2 Å². The molecule has 154 valence electrons. The summed E-state index contributed by atoms with van der Waals surface area (Å²) in [7, 11) is 0. The molecule has 4 aliphatic rings. The molecule has 0 aliphatic heterocycles. The summed E-state index contributed by atoms with van der Waals surface area (Å²) in [5.74, 6) is 0.115. The van der Waals surface area contributed by atoms with Gasteiger partial charge in [0.1, 0.15) is 6.61 Å². The number of aliphatic hydroxyl groups excluding tert-OH is 1. The molecule has 0 aromatic rings. The van der Waals surface area contributed by atoms with E-state index in [1.165, 1.54) is 5.57 Å². The Morgan fingerprint density at radius 3 is 2.57 bits per heavy atom. The first-order valence-electron chi connectivity index (χ1n) is 10.8. The summed E-state index contributed by atoms with van der Waals surface area (Å²) in [6.07, 6.45) is 8.23. The number of rotatable bonds is 4. The maximum Gasteiger partial charge on any atom is 0.304 e. The fourth-order valence-corrected chi connectivity index (χ4v) is 7.77. The minimum Gasteiger partial charge on any atom is -0.481 e. The zero-order valence-electron chi connectivity index (χ0n) is 16.9. The van der Waals surface area contributed by atoms with Crippen LogP contribution in [0, 0.1) is 40.4 Å². The molecule has 0 aromatic carbocycles.